The van der Waals surface area contributed by atoms with Crippen LogP contribution in [-0.4, -0.2) is 61.1 Å². The van der Waals surface area contributed by atoms with E-state index in [1.54, 1.807) is 0 Å². The average Bonchev–Trinajstić information content (AvgIpc) is 3.40. The van der Waals surface area contributed by atoms with Crippen LogP contribution in [0.15, 0.2) is 89.9 Å². The number of para-hydroxylation sites is 1. The Labute approximate surface area is 229 Å². The number of nitrogens with zero attached hydrogens (tertiary/aromatic N) is 2. The quantitative estimate of drug-likeness (QED) is 0.254. The standard InChI is InChI=1S/C31H34N2O6/c1-23-11-9-10-16-28(23)36-22-27-19-33(30(39-27)31(35)38-21-26-14-7-4-8-15-26)24(2)17-32-18-29(34)37-20-25-12-5-3-6-13-25/h3-16,18,24,27,30H,17,19-22H2,1-2H3/b32-18+. The number of carbonyl (C=O) groups is 2. The first-order chi connectivity index (χ1) is 19.0. The molecule has 3 atom stereocenters. The van der Waals surface area contributed by atoms with Gasteiger partial charge in [-0.25, -0.2) is 9.59 Å². The van der Waals surface area contributed by atoms with E-state index in [-0.39, 0.29) is 38.5 Å². The number of hydrogen-bond donors (Lipinski definition) is 0. The fourth-order valence-corrected chi connectivity index (χ4v) is 4.18. The Hall–Kier alpha value is -4.01. The molecule has 0 saturated carbocycles. The van der Waals surface area contributed by atoms with Crippen LogP contribution in [0.1, 0.15) is 23.6 Å². The zero-order chi connectivity index (χ0) is 27.5. The van der Waals surface area contributed by atoms with E-state index in [0.29, 0.717) is 6.54 Å². The second-order valence-electron chi connectivity index (χ2n) is 9.41. The van der Waals surface area contributed by atoms with Crippen molar-refractivity contribution in [1.82, 2.24) is 4.90 Å². The van der Waals surface area contributed by atoms with Gasteiger partial charge in [-0.15, -0.1) is 0 Å². The molecule has 0 bridgehead atoms. The van der Waals surface area contributed by atoms with E-state index in [2.05, 4.69) is 4.99 Å². The summed E-state index contributed by atoms with van der Waals surface area (Å²) < 4.78 is 22.9. The Bertz CT molecular complexity index is 1230. The van der Waals surface area contributed by atoms with Crippen LogP contribution in [0.25, 0.3) is 0 Å². The molecular weight excluding hydrogens is 496 g/mol. The highest BCUT2D eigenvalue weighted by Crippen LogP contribution is 2.23. The molecule has 1 saturated heterocycles. The van der Waals surface area contributed by atoms with Gasteiger partial charge in [0.2, 0.25) is 6.23 Å². The van der Waals surface area contributed by atoms with Crippen LogP contribution in [0, 0.1) is 6.92 Å². The lowest BCUT2D eigenvalue weighted by atomic mass is 10.2. The molecule has 3 aromatic rings. The molecule has 0 aromatic heterocycles. The number of rotatable bonds is 12. The largest absolute Gasteiger partial charge is 0.491 e. The molecule has 4 rings (SSSR count). The Kier molecular flexibility index (Phi) is 10.2. The normalized spacial score (nSPS) is 18.1. The second kappa shape index (κ2) is 14.2. The van der Waals surface area contributed by atoms with Crippen LogP contribution in [0.3, 0.4) is 0 Å². The molecule has 8 nitrogen and oxygen atoms in total. The van der Waals surface area contributed by atoms with Crippen LogP contribution in [-0.2, 0) is 37.0 Å². The number of esters is 2. The maximum absolute atomic E-state index is 13.1. The minimum absolute atomic E-state index is 0.150. The van der Waals surface area contributed by atoms with Crippen molar-refractivity contribution in [2.45, 2.75) is 45.4 Å². The summed E-state index contributed by atoms with van der Waals surface area (Å²) in [6.07, 6.45) is -0.0757. The lowest BCUT2D eigenvalue weighted by Crippen LogP contribution is -2.44. The third-order valence-electron chi connectivity index (χ3n) is 6.34. The van der Waals surface area contributed by atoms with Crippen molar-refractivity contribution in [3.63, 3.8) is 0 Å². The third-order valence-corrected chi connectivity index (χ3v) is 6.34. The highest BCUT2D eigenvalue weighted by atomic mass is 16.6. The van der Waals surface area contributed by atoms with Gasteiger partial charge in [-0.05, 0) is 36.6 Å². The summed E-state index contributed by atoms with van der Waals surface area (Å²) in [7, 11) is 0. The molecule has 8 heteroatoms. The minimum Gasteiger partial charge on any atom is -0.491 e. The number of aliphatic imine (C=N–C) groups is 1. The number of ether oxygens (including phenoxy) is 4. The van der Waals surface area contributed by atoms with E-state index in [4.69, 9.17) is 18.9 Å². The van der Waals surface area contributed by atoms with E-state index in [1.165, 1.54) is 6.21 Å². The van der Waals surface area contributed by atoms with Gasteiger partial charge in [0.1, 0.15) is 37.9 Å². The van der Waals surface area contributed by atoms with Gasteiger partial charge in [-0.2, -0.15) is 0 Å². The molecule has 0 N–H and O–H groups in total. The van der Waals surface area contributed by atoms with Crippen LogP contribution in [0.4, 0.5) is 0 Å². The van der Waals surface area contributed by atoms with Crippen molar-refractivity contribution in [2.24, 2.45) is 4.99 Å². The molecule has 3 unspecified atom stereocenters. The first kappa shape index (κ1) is 28.0. The van der Waals surface area contributed by atoms with E-state index in [0.717, 1.165) is 22.4 Å². The first-order valence-corrected chi connectivity index (χ1v) is 13.0. The summed E-state index contributed by atoms with van der Waals surface area (Å²) in [6.45, 7) is 5.25. The predicted octanol–water partition coefficient (Wildman–Crippen LogP) is 4.35. The van der Waals surface area contributed by atoms with Crippen LogP contribution in [0.5, 0.6) is 5.75 Å². The molecule has 0 spiro atoms. The van der Waals surface area contributed by atoms with Crippen molar-refractivity contribution in [2.75, 3.05) is 19.7 Å². The van der Waals surface area contributed by atoms with Crippen molar-refractivity contribution in [3.8, 4) is 5.75 Å². The van der Waals surface area contributed by atoms with Gasteiger partial charge in [0, 0.05) is 12.6 Å². The summed E-state index contributed by atoms with van der Waals surface area (Å²) >= 11 is 0. The van der Waals surface area contributed by atoms with Crippen molar-refractivity contribution < 1.29 is 28.5 Å². The lowest BCUT2D eigenvalue weighted by Gasteiger charge is -2.26. The summed E-state index contributed by atoms with van der Waals surface area (Å²) in [4.78, 5) is 31.3. The number of hydrogen-bond acceptors (Lipinski definition) is 8. The lowest BCUT2D eigenvalue weighted by molar-refractivity contribution is -0.166. The smallest absolute Gasteiger partial charge is 0.351 e. The molecule has 0 radical (unpaired) electrons. The van der Waals surface area contributed by atoms with E-state index >= 15 is 0 Å². The highest BCUT2D eigenvalue weighted by Gasteiger charge is 2.41. The predicted molar refractivity (Wildman–Crippen MR) is 147 cm³/mol. The van der Waals surface area contributed by atoms with Gasteiger partial charge in [-0.1, -0.05) is 78.9 Å². The fraction of sp³-hybridized carbons (Fsp3) is 0.323. The molecule has 0 amide bonds. The second-order valence-corrected chi connectivity index (χ2v) is 9.41. The summed E-state index contributed by atoms with van der Waals surface area (Å²) in [5.74, 6) is -0.225. The summed E-state index contributed by atoms with van der Waals surface area (Å²) in [6, 6.07) is 26.5. The fourth-order valence-electron chi connectivity index (χ4n) is 4.18. The molecule has 1 aliphatic heterocycles. The van der Waals surface area contributed by atoms with Gasteiger partial charge in [0.05, 0.1) is 6.54 Å². The first-order valence-electron chi connectivity index (χ1n) is 13.0. The van der Waals surface area contributed by atoms with Crippen molar-refractivity contribution >= 4 is 18.2 Å². The monoisotopic (exact) mass is 530 g/mol. The summed E-state index contributed by atoms with van der Waals surface area (Å²) in [5.41, 5.74) is 2.81. The zero-order valence-corrected chi connectivity index (χ0v) is 22.3. The Balaban J connectivity index is 1.34. The van der Waals surface area contributed by atoms with Gasteiger partial charge >= 0.3 is 11.9 Å². The minimum atomic E-state index is -0.908. The Morgan fingerprint density at radius 3 is 2.23 bits per heavy atom. The maximum atomic E-state index is 13.1. The number of carbonyl (C=O) groups excluding carboxylic acids is 2. The van der Waals surface area contributed by atoms with Gasteiger partial charge in [0.15, 0.2) is 0 Å². The number of aryl methyl sites for hydroxylation is 1. The molecular formula is C31H34N2O6. The molecule has 1 aliphatic rings. The molecule has 1 heterocycles. The average molecular weight is 531 g/mol. The van der Waals surface area contributed by atoms with Gasteiger partial charge < -0.3 is 18.9 Å². The SMILES string of the molecule is Cc1ccccc1OCC1CN(C(C)C/N=C/C(=O)OCc2ccccc2)C(C(=O)OCc2ccccc2)O1. The van der Waals surface area contributed by atoms with Gasteiger partial charge in [0.25, 0.3) is 0 Å². The molecule has 1 fully saturated rings. The maximum Gasteiger partial charge on any atom is 0.351 e. The highest BCUT2D eigenvalue weighted by molar-refractivity contribution is 6.23. The summed E-state index contributed by atoms with van der Waals surface area (Å²) in [5, 5.41) is 0. The van der Waals surface area contributed by atoms with Crippen molar-refractivity contribution in [1.29, 1.82) is 0 Å². The third kappa shape index (κ3) is 8.49. The molecule has 0 aliphatic carbocycles. The van der Waals surface area contributed by atoms with E-state index < -0.39 is 18.2 Å². The molecule has 204 valence electrons. The van der Waals surface area contributed by atoms with E-state index in [9.17, 15) is 9.59 Å². The van der Waals surface area contributed by atoms with E-state index in [1.807, 2.05) is 104 Å². The molecule has 39 heavy (non-hydrogen) atoms. The Morgan fingerprint density at radius 2 is 1.56 bits per heavy atom. The van der Waals surface area contributed by atoms with Gasteiger partial charge in [-0.3, -0.25) is 9.89 Å². The van der Waals surface area contributed by atoms with Crippen LogP contribution < -0.4 is 4.74 Å². The topological polar surface area (TPSA) is 86.7 Å². The van der Waals surface area contributed by atoms with Crippen molar-refractivity contribution in [3.05, 3.63) is 102 Å². The molecule has 3 aromatic carbocycles. The van der Waals surface area contributed by atoms with Crippen LogP contribution >= 0.6 is 0 Å². The number of benzene rings is 3. The Morgan fingerprint density at radius 1 is 0.949 bits per heavy atom. The zero-order valence-electron chi connectivity index (χ0n) is 22.3. The van der Waals surface area contributed by atoms with Crippen LogP contribution in [0.2, 0.25) is 0 Å².